The van der Waals surface area contributed by atoms with Crippen LogP contribution in [0.1, 0.15) is 5.69 Å². The van der Waals surface area contributed by atoms with Crippen molar-refractivity contribution in [1.82, 2.24) is 5.16 Å². The maximum Gasteiger partial charge on any atom is 0.167 e. The van der Waals surface area contributed by atoms with E-state index in [1.807, 2.05) is 37.3 Å². The number of nitrogens with zero attached hydrogens (tertiary/aromatic N) is 1. The molecule has 90 valence electrons. The van der Waals surface area contributed by atoms with Crippen LogP contribution in [0.3, 0.4) is 0 Å². The van der Waals surface area contributed by atoms with Gasteiger partial charge in [0, 0.05) is 11.6 Å². The van der Waals surface area contributed by atoms with E-state index in [2.05, 4.69) is 17.3 Å². The Balaban J connectivity index is 2.11. The first kappa shape index (κ1) is 10.8. The van der Waals surface area contributed by atoms with Gasteiger partial charge >= 0.3 is 0 Å². The number of aromatic nitrogens is 1. The summed E-state index contributed by atoms with van der Waals surface area (Å²) in [5.41, 5.74) is 1.92. The molecule has 0 fully saturated rings. The van der Waals surface area contributed by atoms with Crippen molar-refractivity contribution in [2.75, 3.05) is 7.11 Å². The zero-order valence-corrected chi connectivity index (χ0v) is 10.3. The van der Waals surface area contributed by atoms with Crippen LogP contribution in [0.4, 0.5) is 0 Å². The van der Waals surface area contributed by atoms with Crippen LogP contribution < -0.4 is 4.74 Å². The Morgan fingerprint density at radius 2 is 1.78 bits per heavy atom. The standard InChI is InChI=1S/C15H13NO2/c1-10-7-15(18-16-10)13-4-3-12-9-14(17-2)6-5-11(12)8-13/h3-9H,1-2H3. The fourth-order valence-corrected chi connectivity index (χ4v) is 2.00. The lowest BCUT2D eigenvalue weighted by Gasteiger charge is -2.03. The molecule has 1 aromatic heterocycles. The Morgan fingerprint density at radius 3 is 2.50 bits per heavy atom. The van der Waals surface area contributed by atoms with Crippen molar-refractivity contribution < 1.29 is 9.26 Å². The summed E-state index contributed by atoms with van der Waals surface area (Å²) in [5.74, 6) is 1.66. The van der Waals surface area contributed by atoms with Crippen molar-refractivity contribution in [3.05, 3.63) is 48.2 Å². The minimum absolute atomic E-state index is 0.796. The van der Waals surface area contributed by atoms with Crippen molar-refractivity contribution in [3.63, 3.8) is 0 Å². The normalized spacial score (nSPS) is 10.8. The number of hydrogen-bond donors (Lipinski definition) is 0. The van der Waals surface area contributed by atoms with E-state index < -0.39 is 0 Å². The maximum atomic E-state index is 5.27. The third-order valence-electron chi connectivity index (χ3n) is 2.96. The second-order valence-corrected chi connectivity index (χ2v) is 4.26. The van der Waals surface area contributed by atoms with Crippen LogP contribution in [-0.4, -0.2) is 12.3 Å². The minimum atomic E-state index is 0.796. The van der Waals surface area contributed by atoms with Crippen LogP contribution in [0.2, 0.25) is 0 Å². The first-order chi connectivity index (χ1) is 8.76. The van der Waals surface area contributed by atoms with Crippen LogP contribution >= 0.6 is 0 Å². The zero-order valence-electron chi connectivity index (χ0n) is 10.3. The summed E-state index contributed by atoms with van der Waals surface area (Å²) in [4.78, 5) is 0. The lowest BCUT2D eigenvalue weighted by molar-refractivity contribution is 0.415. The van der Waals surface area contributed by atoms with E-state index in [0.29, 0.717) is 0 Å². The molecule has 0 amide bonds. The van der Waals surface area contributed by atoms with Crippen LogP contribution in [0.5, 0.6) is 5.75 Å². The minimum Gasteiger partial charge on any atom is -0.497 e. The number of methoxy groups -OCH3 is 1. The van der Waals surface area contributed by atoms with Crippen LogP contribution in [-0.2, 0) is 0 Å². The molecule has 0 aliphatic carbocycles. The SMILES string of the molecule is COc1ccc2cc(-c3cc(C)no3)ccc2c1. The Bertz CT molecular complexity index is 701. The van der Waals surface area contributed by atoms with Crippen molar-refractivity contribution in [1.29, 1.82) is 0 Å². The number of ether oxygens (including phenoxy) is 1. The molecule has 0 N–H and O–H groups in total. The molecule has 0 spiro atoms. The molecule has 2 aromatic carbocycles. The smallest absolute Gasteiger partial charge is 0.167 e. The van der Waals surface area contributed by atoms with Gasteiger partial charge in [-0.1, -0.05) is 23.4 Å². The van der Waals surface area contributed by atoms with E-state index in [1.54, 1.807) is 7.11 Å². The summed E-state index contributed by atoms with van der Waals surface area (Å²) in [7, 11) is 1.67. The maximum absolute atomic E-state index is 5.27. The van der Waals surface area contributed by atoms with Crippen LogP contribution in [0.15, 0.2) is 47.0 Å². The van der Waals surface area contributed by atoms with E-state index in [9.17, 15) is 0 Å². The molecule has 0 atom stereocenters. The van der Waals surface area contributed by atoms with Gasteiger partial charge in [0.05, 0.1) is 12.8 Å². The molecule has 0 unspecified atom stereocenters. The summed E-state index contributed by atoms with van der Waals surface area (Å²) < 4.78 is 10.5. The largest absolute Gasteiger partial charge is 0.497 e. The van der Waals surface area contributed by atoms with E-state index in [-0.39, 0.29) is 0 Å². The third-order valence-corrected chi connectivity index (χ3v) is 2.96. The molecule has 1 heterocycles. The molecule has 3 aromatic rings. The lowest BCUT2D eigenvalue weighted by Crippen LogP contribution is -1.82. The van der Waals surface area contributed by atoms with E-state index >= 15 is 0 Å². The van der Waals surface area contributed by atoms with Gasteiger partial charge in [0.15, 0.2) is 5.76 Å². The summed E-state index contributed by atoms with van der Waals surface area (Å²) >= 11 is 0. The van der Waals surface area contributed by atoms with Crippen molar-refractivity contribution in [3.8, 4) is 17.1 Å². The number of rotatable bonds is 2. The average molecular weight is 239 g/mol. The van der Waals surface area contributed by atoms with Gasteiger partial charge in [0.2, 0.25) is 0 Å². The second-order valence-electron chi connectivity index (χ2n) is 4.26. The highest BCUT2D eigenvalue weighted by Gasteiger charge is 2.05. The topological polar surface area (TPSA) is 35.3 Å². The molecule has 0 saturated carbocycles. The summed E-state index contributed by atoms with van der Waals surface area (Å²) in [6, 6.07) is 14.1. The third kappa shape index (κ3) is 1.84. The van der Waals surface area contributed by atoms with E-state index in [1.165, 1.54) is 0 Å². The van der Waals surface area contributed by atoms with Crippen LogP contribution in [0, 0.1) is 6.92 Å². The number of benzene rings is 2. The van der Waals surface area contributed by atoms with Gasteiger partial charge in [0.25, 0.3) is 0 Å². The van der Waals surface area contributed by atoms with Gasteiger partial charge in [-0.25, -0.2) is 0 Å². The highest BCUT2D eigenvalue weighted by atomic mass is 16.5. The second kappa shape index (κ2) is 4.18. The molecule has 3 rings (SSSR count). The average Bonchev–Trinajstić information content (AvgIpc) is 2.84. The summed E-state index contributed by atoms with van der Waals surface area (Å²) in [6.07, 6.45) is 0. The Labute approximate surface area is 105 Å². The van der Waals surface area contributed by atoms with Crippen molar-refractivity contribution >= 4 is 10.8 Å². The van der Waals surface area contributed by atoms with Crippen molar-refractivity contribution in [2.24, 2.45) is 0 Å². The molecular weight excluding hydrogens is 226 g/mol. The van der Waals surface area contributed by atoms with Gasteiger partial charge in [-0.3, -0.25) is 0 Å². The first-order valence-corrected chi connectivity index (χ1v) is 5.78. The Kier molecular flexibility index (Phi) is 2.52. The molecule has 3 heteroatoms. The molecule has 18 heavy (non-hydrogen) atoms. The predicted molar refractivity (Wildman–Crippen MR) is 70.7 cm³/mol. The van der Waals surface area contributed by atoms with E-state index in [0.717, 1.165) is 33.5 Å². The monoisotopic (exact) mass is 239 g/mol. The lowest BCUT2D eigenvalue weighted by atomic mass is 10.1. The predicted octanol–water partition coefficient (Wildman–Crippen LogP) is 3.81. The number of fused-ring (bicyclic) bond motifs is 1. The molecule has 0 aliphatic rings. The number of aryl methyl sites for hydroxylation is 1. The van der Waals surface area contributed by atoms with E-state index in [4.69, 9.17) is 9.26 Å². The van der Waals surface area contributed by atoms with Crippen LogP contribution in [0.25, 0.3) is 22.1 Å². The molecule has 0 aliphatic heterocycles. The number of hydrogen-bond acceptors (Lipinski definition) is 3. The van der Waals surface area contributed by atoms with Crippen molar-refractivity contribution in [2.45, 2.75) is 6.92 Å². The Morgan fingerprint density at radius 1 is 1.00 bits per heavy atom. The fourth-order valence-electron chi connectivity index (χ4n) is 2.00. The zero-order chi connectivity index (χ0) is 12.5. The highest BCUT2D eigenvalue weighted by Crippen LogP contribution is 2.27. The molecule has 0 radical (unpaired) electrons. The summed E-state index contributed by atoms with van der Waals surface area (Å²) in [5, 5.41) is 6.21. The van der Waals surface area contributed by atoms with Gasteiger partial charge in [0.1, 0.15) is 5.75 Å². The van der Waals surface area contributed by atoms with Gasteiger partial charge < -0.3 is 9.26 Å². The quantitative estimate of drug-likeness (QED) is 0.682. The van der Waals surface area contributed by atoms with Gasteiger partial charge in [-0.05, 0) is 35.9 Å². The molecule has 0 bridgehead atoms. The highest BCUT2D eigenvalue weighted by molar-refractivity contribution is 5.87. The summed E-state index contributed by atoms with van der Waals surface area (Å²) in [6.45, 7) is 1.92. The molecule has 3 nitrogen and oxygen atoms in total. The van der Waals surface area contributed by atoms with Gasteiger partial charge in [-0.15, -0.1) is 0 Å². The first-order valence-electron chi connectivity index (χ1n) is 5.78. The molecular formula is C15H13NO2. The Hall–Kier alpha value is -2.29. The fraction of sp³-hybridized carbons (Fsp3) is 0.133. The molecule has 0 saturated heterocycles. The van der Waals surface area contributed by atoms with Gasteiger partial charge in [-0.2, -0.15) is 0 Å².